The number of nitrogens with one attached hydrogen (secondary N) is 2. The van der Waals surface area contributed by atoms with Gasteiger partial charge in [0.05, 0.1) is 19.3 Å². The second kappa shape index (κ2) is 11.6. The van der Waals surface area contributed by atoms with Crippen molar-refractivity contribution in [1.29, 1.82) is 0 Å². The number of carbonyl (C=O) groups is 1. The molecule has 0 bridgehead atoms. The molecule has 1 amide bonds. The fourth-order valence-electron chi connectivity index (χ4n) is 3.33. The molecule has 2 atom stereocenters. The van der Waals surface area contributed by atoms with Crippen molar-refractivity contribution in [1.82, 2.24) is 10.6 Å². The lowest BCUT2D eigenvalue weighted by atomic mass is 10.00. The van der Waals surface area contributed by atoms with E-state index in [-0.39, 0.29) is 18.3 Å². The van der Waals surface area contributed by atoms with E-state index in [9.17, 15) is 14.3 Å². The van der Waals surface area contributed by atoms with Gasteiger partial charge < -0.3 is 20.5 Å². The quantitative estimate of drug-likeness (QED) is 0.431. The van der Waals surface area contributed by atoms with Crippen LogP contribution in [0.25, 0.3) is 0 Å². The number of hydrogen-bond donors (Lipinski definition) is 3. The van der Waals surface area contributed by atoms with Gasteiger partial charge in [0.15, 0.2) is 0 Å². The summed E-state index contributed by atoms with van der Waals surface area (Å²) < 4.78 is 18.5. The number of ether oxygens (including phenoxy) is 1. The average molecular weight is 457 g/mol. The van der Waals surface area contributed by atoms with E-state index in [1.165, 1.54) is 12.1 Å². The Morgan fingerprint density at radius 2 is 1.81 bits per heavy atom. The molecule has 0 heterocycles. The highest BCUT2D eigenvalue weighted by Crippen LogP contribution is 2.14. The highest BCUT2D eigenvalue weighted by Gasteiger charge is 2.22. The first-order chi connectivity index (χ1) is 15.4. The van der Waals surface area contributed by atoms with Crippen LogP contribution >= 0.6 is 11.6 Å². The minimum Gasteiger partial charge on any atom is -0.497 e. The summed E-state index contributed by atoms with van der Waals surface area (Å²) in [6.45, 7) is 0.776. The molecule has 2 unspecified atom stereocenters. The van der Waals surface area contributed by atoms with Gasteiger partial charge in [0, 0.05) is 23.7 Å². The summed E-state index contributed by atoms with van der Waals surface area (Å²) >= 11 is 6.00. The van der Waals surface area contributed by atoms with Crippen molar-refractivity contribution < 1.29 is 19.0 Å². The maximum atomic E-state index is 13.3. The van der Waals surface area contributed by atoms with Crippen LogP contribution < -0.4 is 15.4 Å². The van der Waals surface area contributed by atoms with Crippen LogP contribution in [0.1, 0.15) is 21.5 Å². The average Bonchev–Trinajstić information content (AvgIpc) is 2.80. The van der Waals surface area contributed by atoms with Crippen LogP contribution in [0.5, 0.6) is 5.75 Å². The standard InChI is InChI=1S/C25H26ClFN2O3/c1-32-22-7-2-4-18(12-22)15-28-16-24(30)23(13-17-8-10-21(27)11-9-17)29-25(31)19-5-3-6-20(26)14-19/h2-12,14,23-24,28,30H,13,15-16H2,1H3,(H,29,31). The molecule has 0 radical (unpaired) electrons. The Kier molecular flexibility index (Phi) is 8.62. The molecule has 0 aliphatic rings. The number of benzene rings is 3. The van der Waals surface area contributed by atoms with E-state index in [0.29, 0.717) is 23.6 Å². The van der Waals surface area contributed by atoms with Crippen molar-refractivity contribution in [3.8, 4) is 5.75 Å². The Morgan fingerprint density at radius 1 is 1.06 bits per heavy atom. The maximum absolute atomic E-state index is 13.3. The van der Waals surface area contributed by atoms with Crippen LogP contribution in [-0.4, -0.2) is 36.8 Å². The van der Waals surface area contributed by atoms with Crippen LogP contribution in [0.15, 0.2) is 72.8 Å². The smallest absolute Gasteiger partial charge is 0.251 e. The number of rotatable bonds is 10. The largest absolute Gasteiger partial charge is 0.497 e. The third kappa shape index (κ3) is 7.05. The van der Waals surface area contributed by atoms with Crippen LogP contribution in [0.4, 0.5) is 4.39 Å². The van der Waals surface area contributed by atoms with Gasteiger partial charge in [-0.15, -0.1) is 0 Å². The molecule has 0 aromatic heterocycles. The number of methoxy groups -OCH3 is 1. The Bertz CT molecular complexity index is 1030. The van der Waals surface area contributed by atoms with Crippen molar-refractivity contribution in [3.63, 3.8) is 0 Å². The van der Waals surface area contributed by atoms with Crippen molar-refractivity contribution >= 4 is 17.5 Å². The Hall–Kier alpha value is -2.93. The van der Waals surface area contributed by atoms with E-state index in [0.717, 1.165) is 16.9 Å². The van der Waals surface area contributed by atoms with E-state index in [2.05, 4.69) is 10.6 Å². The fourth-order valence-corrected chi connectivity index (χ4v) is 3.52. The molecule has 0 spiro atoms. The fraction of sp³-hybridized carbons (Fsp3) is 0.240. The molecule has 0 saturated carbocycles. The van der Waals surface area contributed by atoms with Gasteiger partial charge in [-0.2, -0.15) is 0 Å². The summed E-state index contributed by atoms with van der Waals surface area (Å²) in [7, 11) is 1.61. The predicted octanol–water partition coefficient (Wildman–Crippen LogP) is 3.98. The van der Waals surface area contributed by atoms with Gasteiger partial charge in [-0.25, -0.2) is 4.39 Å². The van der Waals surface area contributed by atoms with Crippen LogP contribution in [0, 0.1) is 5.82 Å². The third-order valence-corrected chi connectivity index (χ3v) is 5.29. The number of amides is 1. The van der Waals surface area contributed by atoms with Gasteiger partial charge >= 0.3 is 0 Å². The van der Waals surface area contributed by atoms with Gasteiger partial charge in [0.2, 0.25) is 0 Å². The summed E-state index contributed by atoms with van der Waals surface area (Å²) in [6, 6.07) is 19.6. The molecule has 0 aliphatic heterocycles. The highest BCUT2D eigenvalue weighted by atomic mass is 35.5. The van der Waals surface area contributed by atoms with Crippen molar-refractivity contribution in [2.75, 3.05) is 13.7 Å². The maximum Gasteiger partial charge on any atom is 0.251 e. The zero-order valence-electron chi connectivity index (χ0n) is 17.7. The molecular weight excluding hydrogens is 431 g/mol. The first-order valence-electron chi connectivity index (χ1n) is 10.3. The molecule has 3 N–H and O–H groups in total. The zero-order chi connectivity index (χ0) is 22.9. The summed E-state index contributed by atoms with van der Waals surface area (Å²) in [5, 5.41) is 17.4. The van der Waals surface area contributed by atoms with E-state index in [1.807, 2.05) is 24.3 Å². The van der Waals surface area contributed by atoms with Crippen molar-refractivity contribution in [2.45, 2.75) is 25.1 Å². The Labute approximate surface area is 192 Å². The molecule has 3 rings (SSSR count). The van der Waals surface area contributed by atoms with E-state index < -0.39 is 12.1 Å². The molecule has 3 aromatic rings. The lowest BCUT2D eigenvalue weighted by Gasteiger charge is -2.25. The SMILES string of the molecule is COc1cccc(CNCC(O)C(Cc2ccc(F)cc2)NC(=O)c2cccc(Cl)c2)c1. The van der Waals surface area contributed by atoms with Crippen molar-refractivity contribution in [3.05, 3.63) is 100 Å². The van der Waals surface area contributed by atoms with Gasteiger partial charge in [-0.1, -0.05) is 41.9 Å². The van der Waals surface area contributed by atoms with E-state index in [1.54, 1.807) is 43.5 Å². The summed E-state index contributed by atoms with van der Waals surface area (Å²) in [4.78, 5) is 12.7. The monoisotopic (exact) mass is 456 g/mol. The molecule has 0 saturated heterocycles. The molecule has 0 fully saturated rings. The molecular formula is C25H26ClFN2O3. The van der Waals surface area contributed by atoms with E-state index >= 15 is 0 Å². The molecule has 168 valence electrons. The zero-order valence-corrected chi connectivity index (χ0v) is 18.5. The Morgan fingerprint density at radius 3 is 2.53 bits per heavy atom. The topological polar surface area (TPSA) is 70.6 Å². The third-order valence-electron chi connectivity index (χ3n) is 5.05. The van der Waals surface area contributed by atoms with Gasteiger partial charge in [0.25, 0.3) is 5.91 Å². The second-order valence-electron chi connectivity index (χ2n) is 7.47. The van der Waals surface area contributed by atoms with Crippen LogP contribution in [0.2, 0.25) is 5.02 Å². The predicted molar refractivity (Wildman–Crippen MR) is 124 cm³/mol. The summed E-state index contributed by atoms with van der Waals surface area (Å²) in [6.07, 6.45) is -0.539. The first-order valence-corrected chi connectivity index (χ1v) is 10.6. The lowest BCUT2D eigenvalue weighted by molar-refractivity contribution is 0.0830. The molecule has 7 heteroatoms. The normalized spacial score (nSPS) is 12.8. The number of halogens is 2. The minimum absolute atomic E-state index is 0.249. The highest BCUT2D eigenvalue weighted by molar-refractivity contribution is 6.30. The molecule has 3 aromatic carbocycles. The van der Waals surface area contributed by atoms with Crippen molar-refractivity contribution in [2.24, 2.45) is 0 Å². The summed E-state index contributed by atoms with van der Waals surface area (Å²) in [5.41, 5.74) is 2.21. The van der Waals surface area contributed by atoms with Crippen LogP contribution in [-0.2, 0) is 13.0 Å². The molecule has 32 heavy (non-hydrogen) atoms. The first kappa shape index (κ1) is 23.7. The number of carbonyl (C=O) groups excluding carboxylic acids is 1. The number of aliphatic hydroxyl groups is 1. The lowest BCUT2D eigenvalue weighted by Crippen LogP contribution is -2.48. The molecule has 5 nitrogen and oxygen atoms in total. The van der Waals surface area contributed by atoms with Gasteiger partial charge in [0.1, 0.15) is 11.6 Å². The van der Waals surface area contributed by atoms with Gasteiger partial charge in [-0.05, 0) is 60.0 Å². The number of hydrogen-bond acceptors (Lipinski definition) is 4. The number of aliphatic hydroxyl groups excluding tert-OH is 1. The van der Waals surface area contributed by atoms with Gasteiger partial charge in [-0.3, -0.25) is 4.79 Å². The molecule has 0 aliphatic carbocycles. The Balaban J connectivity index is 1.67. The minimum atomic E-state index is -0.881. The van der Waals surface area contributed by atoms with E-state index in [4.69, 9.17) is 16.3 Å². The summed E-state index contributed by atoms with van der Waals surface area (Å²) in [5.74, 6) is 0.0769. The second-order valence-corrected chi connectivity index (χ2v) is 7.91. The van der Waals surface area contributed by atoms with Crippen LogP contribution in [0.3, 0.4) is 0 Å².